The van der Waals surface area contributed by atoms with Gasteiger partial charge in [0.05, 0.1) is 6.04 Å². The largest absolute Gasteiger partial charge is 0.360 e. The van der Waals surface area contributed by atoms with Gasteiger partial charge in [0.15, 0.2) is 5.69 Å². The normalized spacial score (nSPS) is 22.0. The predicted molar refractivity (Wildman–Crippen MR) is 94.2 cm³/mol. The number of carbonyl (C=O) groups is 2. The maximum Gasteiger partial charge on any atom is 0.276 e. The third kappa shape index (κ3) is 4.05. The molecule has 0 spiro atoms. The number of nitrogens with zero attached hydrogens (tertiary/aromatic N) is 3. The molecule has 6 heteroatoms. The van der Waals surface area contributed by atoms with Gasteiger partial charge in [0.2, 0.25) is 5.91 Å². The summed E-state index contributed by atoms with van der Waals surface area (Å²) in [5, 5.41) is 3.94. The van der Waals surface area contributed by atoms with Gasteiger partial charge < -0.3 is 14.3 Å². The van der Waals surface area contributed by atoms with Crippen LogP contribution in [0.4, 0.5) is 0 Å². The minimum Gasteiger partial charge on any atom is -0.360 e. The van der Waals surface area contributed by atoms with Crippen molar-refractivity contribution in [2.24, 2.45) is 11.8 Å². The van der Waals surface area contributed by atoms with E-state index in [2.05, 4.69) is 19.0 Å². The van der Waals surface area contributed by atoms with Crippen LogP contribution in [0, 0.1) is 11.8 Å². The Morgan fingerprint density at radius 2 is 2.04 bits per heavy atom. The summed E-state index contributed by atoms with van der Waals surface area (Å²) in [5.74, 6) is 1.89. The van der Waals surface area contributed by atoms with Gasteiger partial charge in [-0.3, -0.25) is 9.59 Å². The Kier molecular flexibility index (Phi) is 5.16. The highest BCUT2D eigenvalue weighted by Gasteiger charge is 2.37. The van der Waals surface area contributed by atoms with E-state index in [1.54, 1.807) is 11.0 Å². The first-order valence-electron chi connectivity index (χ1n) is 9.42. The Labute approximate surface area is 149 Å². The minimum absolute atomic E-state index is 0.0658. The van der Waals surface area contributed by atoms with Crippen LogP contribution in [-0.4, -0.2) is 52.4 Å². The fraction of sp³-hybridized carbons (Fsp3) is 0.737. The summed E-state index contributed by atoms with van der Waals surface area (Å²) in [4.78, 5) is 29.3. The maximum atomic E-state index is 12.9. The molecule has 0 aromatic carbocycles. The van der Waals surface area contributed by atoms with Crippen LogP contribution in [0.15, 0.2) is 10.6 Å². The second-order valence-electron chi connectivity index (χ2n) is 8.07. The Balaban J connectivity index is 1.77. The molecule has 3 rings (SSSR count). The lowest BCUT2D eigenvalue weighted by molar-refractivity contribution is -0.133. The maximum absolute atomic E-state index is 12.9. The van der Waals surface area contributed by atoms with Crippen molar-refractivity contribution in [2.75, 3.05) is 19.6 Å². The summed E-state index contributed by atoms with van der Waals surface area (Å²) in [6, 6.07) is 1.79. The van der Waals surface area contributed by atoms with Crippen LogP contribution in [-0.2, 0) is 4.79 Å². The molecule has 2 fully saturated rings. The molecule has 1 aliphatic carbocycles. The van der Waals surface area contributed by atoms with Gasteiger partial charge in [0.1, 0.15) is 5.76 Å². The monoisotopic (exact) mass is 347 g/mol. The Hall–Kier alpha value is -1.85. The third-order valence-electron chi connectivity index (χ3n) is 5.25. The van der Waals surface area contributed by atoms with E-state index in [-0.39, 0.29) is 23.8 Å². The molecule has 138 valence electrons. The number of carbonyl (C=O) groups excluding carboxylic acids is 2. The van der Waals surface area contributed by atoms with Gasteiger partial charge in [-0.25, -0.2) is 0 Å². The zero-order valence-corrected chi connectivity index (χ0v) is 15.7. The summed E-state index contributed by atoms with van der Waals surface area (Å²) in [5.41, 5.74) is 0.342. The van der Waals surface area contributed by atoms with E-state index < -0.39 is 0 Å². The van der Waals surface area contributed by atoms with Gasteiger partial charge in [-0.15, -0.1) is 0 Å². The first-order chi connectivity index (χ1) is 11.9. The van der Waals surface area contributed by atoms with Crippen LogP contribution >= 0.6 is 0 Å². The van der Waals surface area contributed by atoms with E-state index in [9.17, 15) is 9.59 Å². The molecule has 25 heavy (non-hydrogen) atoms. The van der Waals surface area contributed by atoms with E-state index in [0.29, 0.717) is 42.8 Å². The van der Waals surface area contributed by atoms with E-state index in [1.807, 2.05) is 18.7 Å². The molecule has 1 unspecified atom stereocenters. The molecule has 0 N–H and O–H groups in total. The van der Waals surface area contributed by atoms with Crippen molar-refractivity contribution >= 4 is 11.8 Å². The standard InChI is InChI=1S/C19H29N3O3/c1-12(2)16-11-21(8-7-18(23)22(16)10-14-5-6-14)19(24)15-9-17(13(3)4)25-20-15/h9,12-14,16H,5-8,10-11H2,1-4H3. The van der Waals surface area contributed by atoms with Crippen LogP contribution in [0.1, 0.15) is 69.1 Å². The molecule has 1 aromatic heterocycles. The molecule has 1 atom stereocenters. The highest BCUT2D eigenvalue weighted by atomic mass is 16.5. The van der Waals surface area contributed by atoms with E-state index >= 15 is 0 Å². The van der Waals surface area contributed by atoms with Crippen LogP contribution in [0.2, 0.25) is 0 Å². The number of aromatic nitrogens is 1. The second-order valence-corrected chi connectivity index (χ2v) is 8.07. The average molecular weight is 347 g/mol. The van der Waals surface area contributed by atoms with Gasteiger partial charge in [-0.05, 0) is 24.7 Å². The lowest BCUT2D eigenvalue weighted by atomic mass is 10.0. The van der Waals surface area contributed by atoms with Crippen molar-refractivity contribution in [1.29, 1.82) is 0 Å². The summed E-state index contributed by atoms with van der Waals surface area (Å²) in [6.45, 7) is 10.1. The van der Waals surface area contributed by atoms with Crippen LogP contribution < -0.4 is 0 Å². The fourth-order valence-corrected chi connectivity index (χ4v) is 3.37. The number of amides is 2. The number of hydrogen-bond acceptors (Lipinski definition) is 4. The molecule has 1 aliphatic heterocycles. The third-order valence-corrected chi connectivity index (χ3v) is 5.25. The highest BCUT2D eigenvalue weighted by molar-refractivity contribution is 5.93. The first kappa shape index (κ1) is 18.0. The van der Waals surface area contributed by atoms with E-state index in [0.717, 1.165) is 6.54 Å². The average Bonchev–Trinajstić information content (AvgIpc) is 3.27. The molecule has 1 aromatic rings. The van der Waals surface area contributed by atoms with Gasteiger partial charge in [-0.1, -0.05) is 32.9 Å². The smallest absolute Gasteiger partial charge is 0.276 e. The van der Waals surface area contributed by atoms with Crippen LogP contribution in [0.3, 0.4) is 0 Å². The lowest BCUT2D eigenvalue weighted by Gasteiger charge is -2.34. The fourth-order valence-electron chi connectivity index (χ4n) is 3.37. The first-order valence-corrected chi connectivity index (χ1v) is 9.42. The SMILES string of the molecule is CC(C)c1cc(C(=O)N2CCC(=O)N(CC3CC3)C(C(C)C)C2)no1. The molecule has 0 radical (unpaired) electrons. The second kappa shape index (κ2) is 7.18. The van der Waals surface area contributed by atoms with Crippen molar-refractivity contribution in [3.05, 3.63) is 17.5 Å². The van der Waals surface area contributed by atoms with Crippen molar-refractivity contribution < 1.29 is 14.1 Å². The van der Waals surface area contributed by atoms with Crippen molar-refractivity contribution in [1.82, 2.24) is 15.0 Å². The number of hydrogen-bond donors (Lipinski definition) is 0. The Bertz CT molecular complexity index is 634. The predicted octanol–water partition coefficient (Wildman–Crippen LogP) is 2.91. The molecule has 1 saturated heterocycles. The molecule has 2 amide bonds. The topological polar surface area (TPSA) is 66.7 Å². The summed E-state index contributed by atoms with van der Waals surface area (Å²) < 4.78 is 5.27. The van der Waals surface area contributed by atoms with E-state index in [4.69, 9.17) is 4.52 Å². The van der Waals surface area contributed by atoms with Gasteiger partial charge in [-0.2, -0.15) is 0 Å². The van der Waals surface area contributed by atoms with Gasteiger partial charge in [0.25, 0.3) is 5.91 Å². The van der Waals surface area contributed by atoms with Gasteiger partial charge in [0, 0.05) is 38.0 Å². The highest BCUT2D eigenvalue weighted by Crippen LogP contribution is 2.32. The van der Waals surface area contributed by atoms with Crippen LogP contribution in [0.25, 0.3) is 0 Å². The summed E-state index contributed by atoms with van der Waals surface area (Å²) in [6.07, 6.45) is 2.82. The summed E-state index contributed by atoms with van der Waals surface area (Å²) in [7, 11) is 0. The Morgan fingerprint density at radius 1 is 1.32 bits per heavy atom. The molecule has 0 bridgehead atoms. The summed E-state index contributed by atoms with van der Waals surface area (Å²) >= 11 is 0. The molecular formula is C19H29N3O3. The quantitative estimate of drug-likeness (QED) is 0.821. The molecule has 2 aliphatic rings. The molecule has 1 saturated carbocycles. The lowest BCUT2D eigenvalue weighted by Crippen LogP contribution is -2.48. The number of rotatable bonds is 5. The minimum atomic E-state index is -0.137. The molecular weight excluding hydrogens is 318 g/mol. The molecule has 2 heterocycles. The van der Waals surface area contributed by atoms with Gasteiger partial charge >= 0.3 is 0 Å². The van der Waals surface area contributed by atoms with Crippen molar-refractivity contribution in [3.63, 3.8) is 0 Å². The van der Waals surface area contributed by atoms with Crippen molar-refractivity contribution in [2.45, 2.75) is 58.9 Å². The van der Waals surface area contributed by atoms with Crippen molar-refractivity contribution in [3.8, 4) is 0 Å². The zero-order valence-electron chi connectivity index (χ0n) is 15.7. The zero-order chi connectivity index (χ0) is 18.1. The molecule has 6 nitrogen and oxygen atoms in total. The Morgan fingerprint density at radius 3 is 2.60 bits per heavy atom. The van der Waals surface area contributed by atoms with E-state index in [1.165, 1.54) is 12.8 Å². The van der Waals surface area contributed by atoms with Crippen LogP contribution in [0.5, 0.6) is 0 Å².